The summed E-state index contributed by atoms with van der Waals surface area (Å²) < 4.78 is 6.10. The highest BCUT2D eigenvalue weighted by atomic mass is 16.5. The second kappa shape index (κ2) is 5.55. The van der Waals surface area contributed by atoms with Crippen molar-refractivity contribution in [2.75, 3.05) is 0 Å². The van der Waals surface area contributed by atoms with Gasteiger partial charge in [0.25, 0.3) is 0 Å². The Balaban J connectivity index is 2.12. The summed E-state index contributed by atoms with van der Waals surface area (Å²) in [6.07, 6.45) is 4.55. The third-order valence-corrected chi connectivity index (χ3v) is 4.20. The van der Waals surface area contributed by atoms with Crippen molar-refractivity contribution in [1.82, 2.24) is 0 Å². The molecule has 0 bridgehead atoms. The molecule has 2 nitrogen and oxygen atoms in total. The molecule has 2 heteroatoms. The van der Waals surface area contributed by atoms with Crippen LogP contribution in [-0.4, -0.2) is 12.4 Å². The van der Waals surface area contributed by atoms with Crippen LogP contribution < -0.4 is 4.74 Å². The lowest BCUT2D eigenvalue weighted by Gasteiger charge is -2.32. The second-order valence-corrected chi connectivity index (χ2v) is 5.62. The van der Waals surface area contributed by atoms with Crippen LogP contribution in [0.2, 0.25) is 0 Å². The van der Waals surface area contributed by atoms with Gasteiger partial charge in [0.1, 0.15) is 5.75 Å². The Morgan fingerprint density at radius 1 is 1.22 bits per heavy atom. The SMILES string of the molecule is Cc1cccc(C=O)c1OC1CCC(C)C(C)C1. The molecular weight excluding hydrogens is 224 g/mol. The summed E-state index contributed by atoms with van der Waals surface area (Å²) >= 11 is 0. The Morgan fingerprint density at radius 2 is 2.00 bits per heavy atom. The molecule has 1 aromatic carbocycles. The largest absolute Gasteiger partial charge is 0.489 e. The predicted molar refractivity (Wildman–Crippen MR) is 73.2 cm³/mol. The van der Waals surface area contributed by atoms with Crippen LogP contribution in [0.1, 0.15) is 49.0 Å². The van der Waals surface area contributed by atoms with E-state index in [-0.39, 0.29) is 6.10 Å². The normalized spacial score (nSPS) is 27.8. The minimum absolute atomic E-state index is 0.260. The molecule has 18 heavy (non-hydrogen) atoms. The minimum atomic E-state index is 0.260. The van der Waals surface area contributed by atoms with Gasteiger partial charge in [-0.1, -0.05) is 26.0 Å². The number of hydrogen-bond acceptors (Lipinski definition) is 2. The van der Waals surface area contributed by atoms with Crippen LogP contribution >= 0.6 is 0 Å². The van der Waals surface area contributed by atoms with Gasteiger partial charge in [0.15, 0.2) is 6.29 Å². The van der Waals surface area contributed by atoms with E-state index in [9.17, 15) is 4.79 Å². The minimum Gasteiger partial charge on any atom is -0.489 e. The fraction of sp³-hybridized carbons (Fsp3) is 0.562. The Hall–Kier alpha value is -1.31. The summed E-state index contributed by atoms with van der Waals surface area (Å²) in [6.45, 7) is 6.60. The quantitative estimate of drug-likeness (QED) is 0.753. The Morgan fingerprint density at radius 3 is 2.67 bits per heavy atom. The number of carbonyl (C=O) groups is 1. The van der Waals surface area contributed by atoms with Crippen LogP contribution in [0.4, 0.5) is 0 Å². The standard InChI is InChI=1S/C16H22O2/c1-11-7-8-15(9-13(11)3)18-16-12(2)5-4-6-14(16)10-17/h4-6,10-11,13,15H,7-9H2,1-3H3. The van der Waals surface area contributed by atoms with E-state index in [1.54, 1.807) is 0 Å². The van der Waals surface area contributed by atoms with E-state index < -0.39 is 0 Å². The zero-order valence-electron chi connectivity index (χ0n) is 11.5. The molecule has 1 aliphatic rings. The average Bonchev–Trinajstić information content (AvgIpc) is 2.36. The first kappa shape index (κ1) is 13.1. The van der Waals surface area contributed by atoms with Gasteiger partial charge in [0.05, 0.1) is 11.7 Å². The summed E-state index contributed by atoms with van der Waals surface area (Å²) in [5.41, 5.74) is 1.71. The zero-order chi connectivity index (χ0) is 13.1. The number of hydrogen-bond donors (Lipinski definition) is 0. The van der Waals surface area contributed by atoms with Crippen molar-refractivity contribution in [3.8, 4) is 5.75 Å². The maximum atomic E-state index is 11.1. The summed E-state index contributed by atoms with van der Waals surface area (Å²) in [6, 6.07) is 5.72. The van der Waals surface area contributed by atoms with Gasteiger partial charge in [-0.3, -0.25) is 4.79 Å². The topological polar surface area (TPSA) is 26.3 Å². The van der Waals surface area contributed by atoms with Crippen molar-refractivity contribution in [3.05, 3.63) is 29.3 Å². The van der Waals surface area contributed by atoms with E-state index in [2.05, 4.69) is 13.8 Å². The van der Waals surface area contributed by atoms with Crippen LogP contribution in [0.25, 0.3) is 0 Å². The van der Waals surface area contributed by atoms with Gasteiger partial charge in [-0.05, 0) is 49.7 Å². The molecule has 0 radical (unpaired) electrons. The first-order valence-corrected chi connectivity index (χ1v) is 6.83. The third kappa shape index (κ3) is 2.74. The number of rotatable bonds is 3. The highest BCUT2D eigenvalue weighted by Crippen LogP contribution is 2.33. The molecule has 3 unspecified atom stereocenters. The van der Waals surface area contributed by atoms with E-state index in [0.717, 1.165) is 36.4 Å². The Kier molecular flexibility index (Phi) is 4.05. The molecule has 0 aromatic heterocycles. The van der Waals surface area contributed by atoms with Crippen molar-refractivity contribution in [2.24, 2.45) is 11.8 Å². The molecule has 1 saturated carbocycles. The van der Waals surface area contributed by atoms with Gasteiger partial charge in [0, 0.05) is 0 Å². The molecule has 1 aromatic rings. The molecule has 0 saturated heterocycles. The highest BCUT2D eigenvalue weighted by molar-refractivity contribution is 5.80. The summed E-state index contributed by atoms with van der Waals surface area (Å²) in [4.78, 5) is 11.1. The van der Waals surface area contributed by atoms with Crippen molar-refractivity contribution in [1.29, 1.82) is 0 Å². The molecule has 98 valence electrons. The van der Waals surface area contributed by atoms with Gasteiger partial charge in [-0.25, -0.2) is 0 Å². The van der Waals surface area contributed by atoms with Crippen LogP contribution in [0, 0.1) is 18.8 Å². The van der Waals surface area contributed by atoms with E-state index >= 15 is 0 Å². The van der Waals surface area contributed by atoms with Gasteiger partial charge < -0.3 is 4.74 Å². The maximum absolute atomic E-state index is 11.1. The van der Waals surface area contributed by atoms with Crippen LogP contribution in [0.3, 0.4) is 0 Å². The lowest BCUT2D eigenvalue weighted by Crippen LogP contribution is -2.29. The van der Waals surface area contributed by atoms with Crippen LogP contribution in [0.5, 0.6) is 5.75 Å². The summed E-state index contributed by atoms with van der Waals surface area (Å²) in [5, 5.41) is 0. The number of carbonyl (C=O) groups excluding carboxylic acids is 1. The summed E-state index contributed by atoms with van der Waals surface area (Å²) in [7, 11) is 0. The molecule has 0 spiro atoms. The lowest BCUT2D eigenvalue weighted by atomic mass is 9.80. The van der Waals surface area contributed by atoms with E-state index in [0.29, 0.717) is 11.5 Å². The number of ether oxygens (including phenoxy) is 1. The third-order valence-electron chi connectivity index (χ3n) is 4.20. The van der Waals surface area contributed by atoms with E-state index in [4.69, 9.17) is 4.74 Å². The Bertz CT molecular complexity index is 425. The average molecular weight is 246 g/mol. The molecule has 0 heterocycles. The van der Waals surface area contributed by atoms with Gasteiger partial charge >= 0.3 is 0 Å². The monoisotopic (exact) mass is 246 g/mol. The van der Waals surface area contributed by atoms with Crippen molar-refractivity contribution in [3.63, 3.8) is 0 Å². The lowest BCUT2D eigenvalue weighted by molar-refractivity contribution is 0.0971. The smallest absolute Gasteiger partial charge is 0.153 e. The predicted octanol–water partition coefficient (Wildman–Crippen LogP) is 4.01. The zero-order valence-corrected chi connectivity index (χ0v) is 11.5. The van der Waals surface area contributed by atoms with Crippen LogP contribution in [-0.2, 0) is 0 Å². The van der Waals surface area contributed by atoms with Gasteiger partial charge in [-0.2, -0.15) is 0 Å². The van der Waals surface area contributed by atoms with E-state index in [1.165, 1.54) is 6.42 Å². The number of aryl methyl sites for hydroxylation is 1. The first-order chi connectivity index (χ1) is 8.61. The van der Waals surface area contributed by atoms with E-state index in [1.807, 2.05) is 25.1 Å². The molecule has 0 N–H and O–H groups in total. The first-order valence-electron chi connectivity index (χ1n) is 6.83. The maximum Gasteiger partial charge on any atom is 0.153 e. The number of aldehydes is 1. The van der Waals surface area contributed by atoms with Gasteiger partial charge in [0.2, 0.25) is 0 Å². The van der Waals surface area contributed by atoms with Crippen LogP contribution in [0.15, 0.2) is 18.2 Å². The molecule has 1 fully saturated rings. The molecule has 1 aliphatic carbocycles. The number of benzene rings is 1. The fourth-order valence-electron chi connectivity index (χ4n) is 2.70. The number of para-hydroxylation sites is 1. The highest BCUT2D eigenvalue weighted by Gasteiger charge is 2.26. The fourth-order valence-corrected chi connectivity index (χ4v) is 2.70. The van der Waals surface area contributed by atoms with Crippen molar-refractivity contribution >= 4 is 6.29 Å². The molecule has 0 amide bonds. The van der Waals surface area contributed by atoms with Crippen molar-refractivity contribution < 1.29 is 9.53 Å². The molecule has 3 atom stereocenters. The van der Waals surface area contributed by atoms with Gasteiger partial charge in [-0.15, -0.1) is 0 Å². The molecular formula is C16H22O2. The summed E-state index contributed by atoms with van der Waals surface area (Å²) in [5.74, 6) is 2.26. The Labute approximate surface area is 109 Å². The molecule has 2 rings (SSSR count). The van der Waals surface area contributed by atoms with Crippen molar-refractivity contribution in [2.45, 2.75) is 46.1 Å². The molecule has 0 aliphatic heterocycles. The second-order valence-electron chi connectivity index (χ2n) is 5.62.